The molecule has 1 amide bonds. The number of nitrogen functional groups attached to an aromatic ring is 1. The van der Waals surface area contributed by atoms with E-state index in [4.69, 9.17) is 10.5 Å². The number of nitrogens with two attached hydrogens (primary N) is 1. The predicted molar refractivity (Wildman–Crippen MR) is 141 cm³/mol. The highest BCUT2D eigenvalue weighted by Crippen LogP contribution is 2.18. The summed E-state index contributed by atoms with van der Waals surface area (Å²) in [5.41, 5.74) is 8.49. The smallest absolute Gasteiger partial charge is 0.306 e. The summed E-state index contributed by atoms with van der Waals surface area (Å²) in [6, 6.07) is 17.6. The standard InChI is InChI=1S/C27H34N4O3S/c1-2-3-5-10-27(33)34-23(21-8-6-4-7-9-21)18-29-16-15-20-11-13-22(14-12-20)30-25(32)17-26-31-24(28)19-35-26/h4,6-9,11-14,19,23,29H,2-3,5,10,15-18,28H2,1H3,(H,30,32). The molecular formula is C27H34N4O3S. The second-order valence-corrected chi connectivity index (χ2v) is 9.33. The van der Waals surface area contributed by atoms with Crippen LogP contribution in [0.4, 0.5) is 11.5 Å². The zero-order valence-electron chi connectivity index (χ0n) is 20.2. The number of carbonyl (C=O) groups is 2. The largest absolute Gasteiger partial charge is 0.456 e. The summed E-state index contributed by atoms with van der Waals surface area (Å²) in [7, 11) is 0. The third kappa shape index (κ3) is 9.50. The van der Waals surface area contributed by atoms with E-state index in [1.807, 2.05) is 54.6 Å². The predicted octanol–water partition coefficient (Wildman–Crippen LogP) is 4.90. The van der Waals surface area contributed by atoms with Crippen LogP contribution in [0.2, 0.25) is 0 Å². The van der Waals surface area contributed by atoms with Crippen LogP contribution in [0.5, 0.6) is 0 Å². The lowest BCUT2D eigenvalue weighted by molar-refractivity contribution is -0.149. The third-order valence-electron chi connectivity index (χ3n) is 5.47. The van der Waals surface area contributed by atoms with Crippen molar-refractivity contribution in [3.8, 4) is 0 Å². The van der Waals surface area contributed by atoms with Crippen LogP contribution in [0, 0.1) is 0 Å². The molecule has 0 bridgehead atoms. The molecule has 1 heterocycles. The highest BCUT2D eigenvalue weighted by molar-refractivity contribution is 7.10. The number of aromatic nitrogens is 1. The normalized spacial score (nSPS) is 11.7. The summed E-state index contributed by atoms with van der Waals surface area (Å²) >= 11 is 1.38. The van der Waals surface area contributed by atoms with Gasteiger partial charge in [0.05, 0.1) is 6.42 Å². The molecule has 0 fully saturated rings. The van der Waals surface area contributed by atoms with Crippen molar-refractivity contribution < 1.29 is 14.3 Å². The Labute approximate surface area is 211 Å². The lowest BCUT2D eigenvalue weighted by Crippen LogP contribution is -2.27. The van der Waals surface area contributed by atoms with Gasteiger partial charge in [0.25, 0.3) is 0 Å². The lowest BCUT2D eigenvalue weighted by Gasteiger charge is -2.19. The Morgan fingerprint density at radius 1 is 1.09 bits per heavy atom. The highest BCUT2D eigenvalue weighted by Gasteiger charge is 2.16. The second kappa shape index (κ2) is 14.2. The fourth-order valence-electron chi connectivity index (χ4n) is 3.60. The van der Waals surface area contributed by atoms with E-state index in [9.17, 15) is 9.59 Å². The van der Waals surface area contributed by atoms with E-state index in [0.717, 1.165) is 49.0 Å². The van der Waals surface area contributed by atoms with Crippen LogP contribution in [0.3, 0.4) is 0 Å². The summed E-state index contributed by atoms with van der Waals surface area (Å²) in [4.78, 5) is 28.6. The lowest BCUT2D eigenvalue weighted by atomic mass is 10.1. The van der Waals surface area contributed by atoms with Crippen molar-refractivity contribution in [2.24, 2.45) is 0 Å². The molecule has 1 atom stereocenters. The number of hydrogen-bond donors (Lipinski definition) is 3. The Hall–Kier alpha value is -3.23. The van der Waals surface area contributed by atoms with Crippen LogP contribution >= 0.6 is 11.3 Å². The number of carbonyl (C=O) groups excluding carboxylic acids is 2. The summed E-state index contributed by atoms with van der Waals surface area (Å²) in [5.74, 6) is 0.172. The van der Waals surface area contributed by atoms with E-state index >= 15 is 0 Å². The molecule has 3 aromatic rings. The fourth-order valence-corrected chi connectivity index (χ4v) is 4.28. The van der Waals surface area contributed by atoms with Crippen molar-refractivity contribution in [3.05, 3.63) is 76.1 Å². The van der Waals surface area contributed by atoms with Gasteiger partial charge < -0.3 is 21.1 Å². The number of anilines is 2. The molecule has 0 aliphatic rings. The first-order chi connectivity index (χ1) is 17.0. The van der Waals surface area contributed by atoms with Crippen molar-refractivity contribution in [2.75, 3.05) is 24.1 Å². The Kier molecular flexibility index (Phi) is 10.7. The molecule has 8 heteroatoms. The Balaban J connectivity index is 1.43. The number of nitrogens with one attached hydrogen (secondary N) is 2. The molecule has 4 N–H and O–H groups in total. The number of rotatable bonds is 14. The molecule has 0 radical (unpaired) electrons. The maximum atomic E-state index is 12.3. The van der Waals surface area contributed by atoms with E-state index in [1.165, 1.54) is 11.3 Å². The molecule has 1 unspecified atom stereocenters. The number of thiazole rings is 1. The molecule has 0 saturated carbocycles. The van der Waals surface area contributed by atoms with Gasteiger partial charge in [-0.1, -0.05) is 62.2 Å². The number of unbranched alkanes of at least 4 members (excludes halogenated alkanes) is 2. The summed E-state index contributed by atoms with van der Waals surface area (Å²) in [5, 5.41) is 8.73. The molecule has 0 saturated heterocycles. The van der Waals surface area contributed by atoms with E-state index in [1.54, 1.807) is 5.38 Å². The number of ether oxygens (including phenoxy) is 1. The van der Waals surface area contributed by atoms with Gasteiger partial charge in [-0.25, -0.2) is 4.98 Å². The Bertz CT molecular complexity index is 1050. The first kappa shape index (κ1) is 26.4. The Morgan fingerprint density at radius 3 is 2.54 bits per heavy atom. The van der Waals surface area contributed by atoms with Gasteiger partial charge >= 0.3 is 5.97 Å². The van der Waals surface area contributed by atoms with Gasteiger partial charge in [0, 0.05) is 24.0 Å². The van der Waals surface area contributed by atoms with Gasteiger partial charge in [-0.3, -0.25) is 9.59 Å². The van der Waals surface area contributed by atoms with Gasteiger partial charge in [0.1, 0.15) is 16.9 Å². The zero-order chi connectivity index (χ0) is 24.9. The van der Waals surface area contributed by atoms with Gasteiger partial charge in [-0.15, -0.1) is 11.3 Å². The topological polar surface area (TPSA) is 106 Å². The SMILES string of the molecule is CCCCCC(=O)OC(CNCCc1ccc(NC(=O)Cc2nc(N)cs2)cc1)c1ccccc1. The van der Waals surface area contributed by atoms with Crippen LogP contribution in [0.15, 0.2) is 60.0 Å². The first-order valence-electron chi connectivity index (χ1n) is 12.1. The molecule has 3 rings (SSSR count). The molecule has 35 heavy (non-hydrogen) atoms. The number of esters is 1. The summed E-state index contributed by atoms with van der Waals surface area (Å²) in [6.07, 6.45) is 4.14. The van der Waals surface area contributed by atoms with Gasteiger partial charge in [-0.2, -0.15) is 0 Å². The maximum Gasteiger partial charge on any atom is 0.306 e. The number of hydrogen-bond acceptors (Lipinski definition) is 7. The minimum Gasteiger partial charge on any atom is -0.456 e. The van der Waals surface area contributed by atoms with Crippen molar-refractivity contribution in [1.82, 2.24) is 10.3 Å². The quantitative estimate of drug-likeness (QED) is 0.217. The molecular weight excluding hydrogens is 460 g/mol. The highest BCUT2D eigenvalue weighted by atomic mass is 32.1. The molecule has 1 aromatic heterocycles. The zero-order valence-corrected chi connectivity index (χ0v) is 21.0. The Morgan fingerprint density at radius 2 is 1.86 bits per heavy atom. The maximum absolute atomic E-state index is 12.3. The monoisotopic (exact) mass is 494 g/mol. The number of nitrogens with zero attached hydrogens (tertiary/aromatic N) is 1. The molecule has 2 aromatic carbocycles. The van der Waals surface area contributed by atoms with Gasteiger partial charge in [0.15, 0.2) is 0 Å². The number of amides is 1. The third-order valence-corrected chi connectivity index (χ3v) is 6.34. The van der Waals surface area contributed by atoms with E-state index in [0.29, 0.717) is 23.8 Å². The number of benzene rings is 2. The molecule has 0 aliphatic carbocycles. The second-order valence-electron chi connectivity index (χ2n) is 8.39. The summed E-state index contributed by atoms with van der Waals surface area (Å²) < 4.78 is 5.78. The van der Waals surface area contributed by atoms with E-state index in [-0.39, 0.29) is 24.4 Å². The van der Waals surface area contributed by atoms with Crippen LogP contribution < -0.4 is 16.4 Å². The average Bonchev–Trinajstić information content (AvgIpc) is 3.27. The van der Waals surface area contributed by atoms with Crippen molar-refractivity contribution in [1.29, 1.82) is 0 Å². The fraction of sp³-hybridized carbons (Fsp3) is 0.370. The van der Waals surface area contributed by atoms with E-state index < -0.39 is 0 Å². The van der Waals surface area contributed by atoms with Crippen LogP contribution in [-0.2, 0) is 27.2 Å². The van der Waals surface area contributed by atoms with Crippen molar-refractivity contribution in [3.63, 3.8) is 0 Å². The van der Waals surface area contributed by atoms with Gasteiger partial charge in [0.2, 0.25) is 5.91 Å². The van der Waals surface area contributed by atoms with Crippen LogP contribution in [0.25, 0.3) is 0 Å². The first-order valence-corrected chi connectivity index (χ1v) is 12.9. The van der Waals surface area contributed by atoms with Gasteiger partial charge in [-0.05, 0) is 42.6 Å². The van der Waals surface area contributed by atoms with Crippen molar-refractivity contribution >= 4 is 34.7 Å². The molecule has 186 valence electrons. The minimum atomic E-state index is -0.309. The molecule has 0 spiro atoms. The molecule has 0 aliphatic heterocycles. The van der Waals surface area contributed by atoms with E-state index in [2.05, 4.69) is 22.5 Å². The van der Waals surface area contributed by atoms with Crippen molar-refractivity contribution in [2.45, 2.75) is 51.6 Å². The average molecular weight is 495 g/mol. The molecule has 7 nitrogen and oxygen atoms in total. The van der Waals surface area contributed by atoms with Crippen LogP contribution in [-0.4, -0.2) is 29.9 Å². The minimum absolute atomic E-state index is 0.120. The summed E-state index contributed by atoms with van der Waals surface area (Å²) in [6.45, 7) is 3.42. The van der Waals surface area contributed by atoms with Crippen LogP contribution in [0.1, 0.15) is 54.8 Å².